The van der Waals surface area contributed by atoms with E-state index >= 15 is 0 Å². The Kier molecular flexibility index (Phi) is 14.7. The molecule has 50 heavy (non-hydrogen) atoms. The van der Waals surface area contributed by atoms with Crippen LogP contribution >= 0.6 is 0 Å². The molecule has 2 fully saturated rings. The normalized spacial score (nSPS) is 30.6. The molecular formula is C38H61N3O9. The van der Waals surface area contributed by atoms with Crippen molar-refractivity contribution >= 4 is 23.4 Å². The number of aliphatic hydroxyl groups is 1. The number of hydrogen-bond donors (Lipinski definition) is 3. The first kappa shape index (κ1) is 41.7. The van der Waals surface area contributed by atoms with Crippen LogP contribution in [0.5, 0.6) is 0 Å². The van der Waals surface area contributed by atoms with Gasteiger partial charge in [0.15, 0.2) is 18.2 Å². The minimum absolute atomic E-state index is 0.00577. The zero-order valence-electron chi connectivity index (χ0n) is 31.9. The van der Waals surface area contributed by atoms with Crippen molar-refractivity contribution in [1.29, 1.82) is 5.41 Å². The molecule has 0 aliphatic carbocycles. The number of nitrogens with one attached hydrogen (secondary N) is 2. The van der Waals surface area contributed by atoms with Gasteiger partial charge in [0.2, 0.25) is 0 Å². The van der Waals surface area contributed by atoms with Crippen LogP contribution in [0.2, 0.25) is 0 Å². The summed E-state index contributed by atoms with van der Waals surface area (Å²) < 4.78 is 31.7. The summed E-state index contributed by atoms with van der Waals surface area (Å²) in [6.07, 6.45) is -2.67. The maximum absolute atomic E-state index is 14.3. The average Bonchev–Trinajstić information content (AvgIpc) is 3.10. The average molecular weight is 704 g/mol. The van der Waals surface area contributed by atoms with E-state index in [2.05, 4.69) is 12.2 Å². The van der Waals surface area contributed by atoms with E-state index in [1.807, 2.05) is 45.8 Å². The zero-order chi connectivity index (χ0) is 37.6. The van der Waals surface area contributed by atoms with Crippen LogP contribution < -0.4 is 5.32 Å². The van der Waals surface area contributed by atoms with Gasteiger partial charge in [0.1, 0.15) is 12.0 Å². The monoisotopic (exact) mass is 703 g/mol. The third-order valence-electron chi connectivity index (χ3n) is 10.1. The smallest absolute Gasteiger partial charge is 0.338 e. The van der Waals surface area contributed by atoms with Gasteiger partial charge in [-0.1, -0.05) is 39.0 Å². The number of Topliss-reactive ketones (excluding diaryl/α,β-unsaturated/α-hetero) is 1. The number of esters is 2. The Morgan fingerprint density at radius 1 is 1.14 bits per heavy atom. The number of ether oxygens (including phenoxy) is 5. The van der Waals surface area contributed by atoms with Crippen molar-refractivity contribution in [2.45, 2.75) is 136 Å². The summed E-state index contributed by atoms with van der Waals surface area (Å²) in [7, 11) is 3.81. The lowest BCUT2D eigenvalue weighted by atomic mass is 9.78. The molecule has 0 bridgehead atoms. The summed E-state index contributed by atoms with van der Waals surface area (Å²) in [4.78, 5) is 43.1. The number of carbonyl (C=O) groups excluding carboxylic acids is 3. The third kappa shape index (κ3) is 10.6. The fraction of sp³-hybridized carbons (Fsp3) is 0.737. The summed E-state index contributed by atoms with van der Waals surface area (Å²) in [5.41, 5.74) is -1.70. The lowest BCUT2D eigenvalue weighted by molar-refractivity contribution is -0.295. The minimum atomic E-state index is -1.29. The topological polar surface area (TPSA) is 157 Å². The van der Waals surface area contributed by atoms with Gasteiger partial charge in [-0.2, -0.15) is 0 Å². The molecule has 3 N–H and O–H groups in total. The van der Waals surface area contributed by atoms with E-state index in [1.54, 1.807) is 52.0 Å². The molecule has 282 valence electrons. The van der Waals surface area contributed by atoms with Gasteiger partial charge in [-0.05, 0) is 99.5 Å². The van der Waals surface area contributed by atoms with E-state index in [-0.39, 0.29) is 30.7 Å². The molecule has 2 heterocycles. The van der Waals surface area contributed by atoms with Crippen LogP contribution in [0.25, 0.3) is 0 Å². The Balaban J connectivity index is 2.06. The van der Waals surface area contributed by atoms with E-state index < -0.39 is 65.4 Å². The van der Waals surface area contributed by atoms with Crippen LogP contribution in [-0.2, 0) is 33.3 Å². The number of carbonyl (C=O) groups is 3. The largest absolute Gasteiger partial charge is 0.459 e. The van der Waals surface area contributed by atoms with Crippen LogP contribution in [-0.4, -0.2) is 115 Å². The van der Waals surface area contributed by atoms with E-state index in [0.717, 1.165) is 0 Å². The van der Waals surface area contributed by atoms with Gasteiger partial charge in [-0.3, -0.25) is 9.59 Å². The standard InChI is InChI=1S/C38H61N3O9/c1-12-30(37(7,8)45)48-34(43)25(5)31(42)24(4)33(38(9)19-22(2)20-40-26(6)28(39)21-46-38)50-36-32(29(41(10)11)18-23(3)47-36)49-35(44)27-16-14-13-15-17-27/h13-17,22-26,29-30,32-33,36,39-40,45H,12,18-21H2,1-11H3/t22-,23?,24+,25-,26-,29?,30-,32?,33-,36?,38-/m1/s1. The Hall–Kier alpha value is -2.74. The van der Waals surface area contributed by atoms with Crippen molar-refractivity contribution in [3.63, 3.8) is 0 Å². The van der Waals surface area contributed by atoms with E-state index in [4.69, 9.17) is 29.1 Å². The molecule has 12 nitrogen and oxygen atoms in total. The summed E-state index contributed by atoms with van der Waals surface area (Å²) in [6.45, 7) is 16.5. The van der Waals surface area contributed by atoms with Gasteiger partial charge in [-0.15, -0.1) is 0 Å². The van der Waals surface area contributed by atoms with Gasteiger partial charge in [0.25, 0.3) is 0 Å². The highest BCUT2D eigenvalue weighted by Crippen LogP contribution is 2.37. The highest BCUT2D eigenvalue weighted by molar-refractivity contribution is 6.00. The Labute approximate surface area is 298 Å². The molecule has 1 aromatic carbocycles. The fourth-order valence-electron chi connectivity index (χ4n) is 6.99. The SMILES string of the molecule is CC[C@@H](OC(=O)[C@H](C)C(=O)[C@H](C)[C@@H](OC1OC(C)CC(N(C)C)C1OC(=O)c1ccccc1)[C@@]1(C)C[C@@H](C)CN[C@H](C)C(=N)CO1)C(C)(C)O. The first-order valence-electron chi connectivity index (χ1n) is 17.9. The molecule has 0 spiro atoms. The van der Waals surface area contributed by atoms with Gasteiger partial charge < -0.3 is 44.4 Å². The van der Waals surface area contributed by atoms with E-state index in [1.165, 1.54) is 6.92 Å². The number of benzene rings is 1. The molecule has 0 radical (unpaired) electrons. The second-order valence-electron chi connectivity index (χ2n) is 15.3. The number of ketones is 1. The first-order chi connectivity index (χ1) is 23.3. The second kappa shape index (κ2) is 17.7. The maximum Gasteiger partial charge on any atom is 0.338 e. The Morgan fingerprint density at radius 3 is 2.36 bits per heavy atom. The highest BCUT2D eigenvalue weighted by atomic mass is 16.7. The first-order valence-corrected chi connectivity index (χ1v) is 17.9. The van der Waals surface area contributed by atoms with Crippen LogP contribution in [0.4, 0.5) is 0 Å². The lowest BCUT2D eigenvalue weighted by Crippen LogP contribution is -2.60. The van der Waals surface area contributed by atoms with Crippen molar-refractivity contribution in [1.82, 2.24) is 10.2 Å². The Bertz CT molecular complexity index is 1300. The molecule has 0 amide bonds. The van der Waals surface area contributed by atoms with E-state index in [9.17, 15) is 19.5 Å². The second-order valence-corrected chi connectivity index (χ2v) is 15.3. The summed E-state index contributed by atoms with van der Waals surface area (Å²) >= 11 is 0. The zero-order valence-corrected chi connectivity index (χ0v) is 31.9. The summed E-state index contributed by atoms with van der Waals surface area (Å²) in [5.74, 6) is -3.77. The molecular weight excluding hydrogens is 642 g/mol. The van der Waals surface area contributed by atoms with Crippen molar-refractivity contribution in [3.8, 4) is 0 Å². The van der Waals surface area contributed by atoms with Crippen molar-refractivity contribution in [2.24, 2.45) is 17.8 Å². The Morgan fingerprint density at radius 2 is 1.78 bits per heavy atom. The van der Waals surface area contributed by atoms with Crippen LogP contribution in [0, 0.1) is 23.2 Å². The molecule has 11 atom stereocenters. The molecule has 12 heteroatoms. The van der Waals surface area contributed by atoms with Crippen molar-refractivity contribution in [3.05, 3.63) is 35.9 Å². The predicted molar refractivity (Wildman–Crippen MR) is 190 cm³/mol. The van der Waals surface area contributed by atoms with Crippen molar-refractivity contribution < 1.29 is 43.2 Å². The fourth-order valence-corrected chi connectivity index (χ4v) is 6.99. The molecule has 0 saturated carbocycles. The number of nitrogens with zero attached hydrogens (tertiary/aromatic N) is 1. The highest BCUT2D eigenvalue weighted by Gasteiger charge is 2.51. The molecule has 2 saturated heterocycles. The van der Waals surface area contributed by atoms with Crippen molar-refractivity contribution in [2.75, 3.05) is 27.2 Å². The number of hydrogen-bond acceptors (Lipinski definition) is 12. The molecule has 2 aliphatic heterocycles. The quantitative estimate of drug-likeness (QED) is 0.198. The van der Waals surface area contributed by atoms with Gasteiger partial charge in [-0.25, -0.2) is 4.79 Å². The van der Waals surface area contributed by atoms with E-state index in [0.29, 0.717) is 37.1 Å². The predicted octanol–water partition coefficient (Wildman–Crippen LogP) is 4.41. The molecule has 1 aromatic rings. The molecule has 0 aromatic heterocycles. The lowest BCUT2D eigenvalue weighted by Gasteiger charge is -2.47. The minimum Gasteiger partial charge on any atom is -0.459 e. The van der Waals surface area contributed by atoms with Gasteiger partial charge in [0.05, 0.1) is 47.3 Å². The molecule has 4 unspecified atom stereocenters. The number of likely N-dealkylation sites (N-methyl/N-ethyl adjacent to an activating group) is 1. The third-order valence-corrected chi connectivity index (χ3v) is 10.1. The summed E-state index contributed by atoms with van der Waals surface area (Å²) in [6, 6.07) is 8.21. The molecule has 2 aliphatic rings. The van der Waals surface area contributed by atoms with Crippen LogP contribution in [0.1, 0.15) is 91.9 Å². The maximum atomic E-state index is 14.3. The summed E-state index contributed by atoms with van der Waals surface area (Å²) in [5, 5.41) is 22.6. The van der Waals surface area contributed by atoms with Gasteiger partial charge in [0, 0.05) is 12.0 Å². The molecule has 3 rings (SSSR count). The van der Waals surface area contributed by atoms with Crippen LogP contribution in [0.3, 0.4) is 0 Å². The number of rotatable bonds is 13. The van der Waals surface area contributed by atoms with Crippen LogP contribution in [0.15, 0.2) is 30.3 Å². The van der Waals surface area contributed by atoms with Gasteiger partial charge >= 0.3 is 11.9 Å².